The highest BCUT2D eigenvalue weighted by molar-refractivity contribution is 7.13. The van der Waals surface area contributed by atoms with Crippen LogP contribution < -0.4 is 20.9 Å². The fourth-order valence-corrected chi connectivity index (χ4v) is 11.8. The van der Waals surface area contributed by atoms with Crippen LogP contribution in [0.1, 0.15) is 109 Å². The molecule has 3 aliphatic rings. The molecule has 3 fully saturated rings. The van der Waals surface area contributed by atoms with Crippen LogP contribution in [0.2, 0.25) is 0 Å². The van der Waals surface area contributed by atoms with Crippen LogP contribution >= 0.6 is 11.3 Å². The summed E-state index contributed by atoms with van der Waals surface area (Å²) in [6.45, 7) is 24.8. The Labute approximate surface area is 464 Å². The maximum absolute atomic E-state index is 14.1. The molecule has 8 rings (SSSR count). The average molecular weight is 1090 g/mol. The minimum atomic E-state index is -0.938. The van der Waals surface area contributed by atoms with Gasteiger partial charge in [-0.3, -0.25) is 14.4 Å². The molecule has 21 heteroatoms. The van der Waals surface area contributed by atoms with Crippen LogP contribution in [0.3, 0.4) is 0 Å². The van der Waals surface area contributed by atoms with Gasteiger partial charge in [-0.05, 0) is 89.3 Å². The molecular formula is C57H83N13O7S. The Morgan fingerprint density at radius 3 is 2.24 bits per heavy atom. The third-order valence-electron chi connectivity index (χ3n) is 15.5. The van der Waals surface area contributed by atoms with E-state index in [9.17, 15) is 19.5 Å². The summed E-state index contributed by atoms with van der Waals surface area (Å²) >= 11 is 1.58. The van der Waals surface area contributed by atoms with Crippen molar-refractivity contribution in [1.82, 2.24) is 54.8 Å². The lowest BCUT2D eigenvalue weighted by molar-refractivity contribution is -0.144. The molecule has 4 atom stereocenters. The summed E-state index contributed by atoms with van der Waals surface area (Å²) in [5.74, 6) is 1.90. The van der Waals surface area contributed by atoms with Crippen molar-refractivity contribution < 1.29 is 33.7 Å². The SMILES string of the molecule is COC1(CCN2CCN(CCCOCCCOCC(=O)N[C@H](C(=O)N3C[C@H](O)C[C@H]3C(=O)N[C@@H](C)c3ccc(-c4scnc4C)cc3)C(C)(C)C)CC2)CCN(c2nccc(Nc3cc4c(cn3)nc(C)n4C(C)C)n2)CC1. The molecule has 424 valence electrons. The molecule has 1 aromatic carbocycles. The molecule has 0 unspecified atom stereocenters. The number of rotatable bonds is 24. The number of ether oxygens (including phenoxy) is 3. The maximum Gasteiger partial charge on any atom is 0.246 e. The number of aromatic nitrogens is 6. The number of piperidine rings is 1. The molecule has 7 heterocycles. The van der Waals surface area contributed by atoms with E-state index >= 15 is 0 Å². The predicted molar refractivity (Wildman–Crippen MR) is 304 cm³/mol. The van der Waals surface area contributed by atoms with Gasteiger partial charge in [0.2, 0.25) is 23.7 Å². The van der Waals surface area contributed by atoms with Gasteiger partial charge >= 0.3 is 0 Å². The number of carbonyl (C=O) groups excluding carboxylic acids is 3. The number of piperazine rings is 1. The summed E-state index contributed by atoms with van der Waals surface area (Å²) in [4.78, 5) is 73.9. The molecule has 0 bridgehead atoms. The molecule has 20 nitrogen and oxygen atoms in total. The lowest BCUT2D eigenvalue weighted by atomic mass is 9.85. The Morgan fingerprint density at radius 2 is 1.56 bits per heavy atom. The number of thiazole rings is 1. The second-order valence-electron chi connectivity index (χ2n) is 22.6. The number of aryl methyl sites for hydroxylation is 2. The van der Waals surface area contributed by atoms with Gasteiger partial charge in [0.15, 0.2) is 0 Å². The van der Waals surface area contributed by atoms with Gasteiger partial charge in [-0.1, -0.05) is 45.0 Å². The highest BCUT2D eigenvalue weighted by Crippen LogP contribution is 2.33. The lowest BCUT2D eigenvalue weighted by Crippen LogP contribution is -2.58. The first-order chi connectivity index (χ1) is 37.4. The quantitative estimate of drug-likeness (QED) is 0.0488. The fourth-order valence-electron chi connectivity index (χ4n) is 10.9. The number of aliphatic hydroxyl groups is 1. The van der Waals surface area contributed by atoms with Crippen molar-refractivity contribution in [3.63, 3.8) is 0 Å². The fraction of sp³-hybridized carbons (Fsp3) is 0.614. The summed E-state index contributed by atoms with van der Waals surface area (Å²) < 4.78 is 20.1. The van der Waals surface area contributed by atoms with E-state index in [1.807, 2.05) is 96.8 Å². The third kappa shape index (κ3) is 15.0. The number of nitrogens with zero attached hydrogens (tertiary/aromatic N) is 10. The first kappa shape index (κ1) is 58.5. The van der Waals surface area contributed by atoms with Gasteiger partial charge in [0.25, 0.3) is 0 Å². The monoisotopic (exact) mass is 1090 g/mol. The number of hydrogen-bond acceptors (Lipinski definition) is 17. The van der Waals surface area contributed by atoms with Crippen molar-refractivity contribution in [3.8, 4) is 10.4 Å². The van der Waals surface area contributed by atoms with Gasteiger partial charge in [-0.2, -0.15) is 4.98 Å². The molecule has 3 saturated heterocycles. The average Bonchev–Trinajstić information content (AvgIpc) is 4.16. The maximum atomic E-state index is 14.1. The van der Waals surface area contributed by atoms with Crippen molar-refractivity contribution in [2.75, 3.05) is 103 Å². The van der Waals surface area contributed by atoms with E-state index in [4.69, 9.17) is 19.2 Å². The number of fused-ring (bicyclic) bond motifs is 1. The molecule has 0 aliphatic carbocycles. The van der Waals surface area contributed by atoms with Gasteiger partial charge in [-0.15, -0.1) is 11.3 Å². The molecule has 78 heavy (non-hydrogen) atoms. The van der Waals surface area contributed by atoms with Gasteiger partial charge in [0.05, 0.1) is 45.5 Å². The molecule has 3 aliphatic heterocycles. The van der Waals surface area contributed by atoms with Crippen LogP contribution in [0.25, 0.3) is 21.5 Å². The first-order valence-electron chi connectivity index (χ1n) is 27.8. The molecule has 4 N–H and O–H groups in total. The van der Waals surface area contributed by atoms with E-state index < -0.39 is 35.4 Å². The minimum absolute atomic E-state index is 0.000337. The van der Waals surface area contributed by atoms with Crippen molar-refractivity contribution in [2.24, 2.45) is 5.41 Å². The van der Waals surface area contributed by atoms with Crippen molar-refractivity contribution >= 4 is 57.7 Å². The number of anilines is 3. The molecule has 0 spiro atoms. The zero-order valence-electron chi connectivity index (χ0n) is 47.3. The summed E-state index contributed by atoms with van der Waals surface area (Å²) in [6.07, 6.45) is 7.23. The van der Waals surface area contributed by atoms with Crippen LogP contribution in [0.4, 0.5) is 17.6 Å². The van der Waals surface area contributed by atoms with E-state index in [2.05, 4.69) is 69.0 Å². The second kappa shape index (κ2) is 26.5. The minimum Gasteiger partial charge on any atom is -0.391 e. The van der Waals surface area contributed by atoms with Gasteiger partial charge in [0, 0.05) is 111 Å². The predicted octanol–water partition coefficient (Wildman–Crippen LogP) is 6.46. The van der Waals surface area contributed by atoms with Crippen LogP contribution in [0.15, 0.2) is 54.3 Å². The number of pyridine rings is 1. The highest BCUT2D eigenvalue weighted by Gasteiger charge is 2.45. The Kier molecular flexibility index (Phi) is 19.9. The van der Waals surface area contributed by atoms with Crippen LogP contribution in [0, 0.1) is 19.3 Å². The Balaban J connectivity index is 0.675. The van der Waals surface area contributed by atoms with Crippen molar-refractivity contribution in [3.05, 3.63) is 71.4 Å². The number of hydrogen-bond donors (Lipinski definition) is 4. The standard InChI is InChI=1S/C57H83N13O7S/c1-38(2)70-41(5)62-45-34-59-49(33-46(45)70)63-48-16-20-58-55(64-48)68-23-18-57(75-9,19-24-68)17-22-67-27-25-66(26-28-67)21-10-29-76-30-11-31-77-36-50(72)65-52(56(6,7)8)54(74)69-35-44(71)32-47(69)53(73)61-39(3)42-12-14-43(15-13-42)51-40(4)60-37-78-51/h12-16,20,33-34,37-39,44,47,52,71H,10-11,17-19,21-32,35-36H2,1-9H3,(H,61,73)(H,65,72)(H,58,59,63,64)/t39-,44+,47-,52+/m0/s1. The largest absolute Gasteiger partial charge is 0.391 e. The zero-order valence-corrected chi connectivity index (χ0v) is 48.1. The molecule has 3 amide bonds. The van der Waals surface area contributed by atoms with Crippen molar-refractivity contribution in [1.29, 1.82) is 0 Å². The number of nitrogens with one attached hydrogen (secondary N) is 3. The van der Waals surface area contributed by atoms with E-state index in [-0.39, 0.29) is 43.2 Å². The third-order valence-corrected chi connectivity index (χ3v) is 16.5. The Hall–Kier alpha value is -5.68. The summed E-state index contributed by atoms with van der Waals surface area (Å²) in [6, 6.07) is 10.0. The van der Waals surface area contributed by atoms with Crippen LogP contribution in [-0.4, -0.2) is 183 Å². The lowest BCUT2D eigenvalue weighted by Gasteiger charge is -2.42. The number of benzene rings is 1. The molecule has 0 radical (unpaired) electrons. The number of β-amino-alcohol motifs (C(OH)–C–C–N with tert-alkyl or cyclic N) is 1. The Bertz CT molecular complexity index is 2770. The normalized spacial score (nSPS) is 19.1. The molecule has 4 aromatic heterocycles. The number of imidazole rings is 1. The Morgan fingerprint density at radius 1 is 0.859 bits per heavy atom. The van der Waals surface area contributed by atoms with E-state index in [0.29, 0.717) is 38.0 Å². The van der Waals surface area contributed by atoms with Crippen LogP contribution in [0.5, 0.6) is 0 Å². The van der Waals surface area contributed by atoms with E-state index in [1.165, 1.54) is 4.90 Å². The summed E-state index contributed by atoms with van der Waals surface area (Å²) in [7, 11) is 1.85. The zero-order chi connectivity index (χ0) is 55.6. The number of amides is 3. The number of carbonyl (C=O) groups is 3. The topological polar surface area (TPSA) is 218 Å². The number of likely N-dealkylation sites (tertiary alicyclic amines) is 1. The molecule has 0 saturated carbocycles. The molecule has 5 aromatic rings. The van der Waals surface area contributed by atoms with Gasteiger partial charge in [0.1, 0.15) is 41.7 Å². The summed E-state index contributed by atoms with van der Waals surface area (Å²) in [5.41, 5.74) is 5.84. The van der Waals surface area contributed by atoms with Gasteiger partial charge in [-0.25, -0.2) is 19.9 Å². The van der Waals surface area contributed by atoms with E-state index in [0.717, 1.165) is 122 Å². The highest BCUT2D eigenvalue weighted by atomic mass is 32.1. The number of aliphatic hydroxyl groups excluding tert-OH is 1. The first-order valence-corrected chi connectivity index (χ1v) is 28.7. The van der Waals surface area contributed by atoms with Gasteiger partial charge < -0.3 is 59.4 Å². The van der Waals surface area contributed by atoms with E-state index in [1.54, 1.807) is 17.5 Å². The summed E-state index contributed by atoms with van der Waals surface area (Å²) in [5, 5.41) is 20.0. The smallest absolute Gasteiger partial charge is 0.246 e. The second-order valence-corrected chi connectivity index (χ2v) is 23.5. The number of methoxy groups -OCH3 is 1. The van der Waals surface area contributed by atoms with Crippen molar-refractivity contribution in [2.45, 2.75) is 130 Å². The van der Waals surface area contributed by atoms with Crippen LogP contribution in [-0.2, 0) is 28.6 Å². The molecular weight excluding hydrogens is 1010 g/mol.